The largest absolute Gasteiger partial charge is 0.309 e. The molecular formula is C31H23N. The zero-order valence-electron chi connectivity index (χ0n) is 18.0. The zero-order valence-corrected chi connectivity index (χ0v) is 18.0. The number of aromatic nitrogens is 1. The van der Waals surface area contributed by atoms with Crippen LogP contribution >= 0.6 is 0 Å². The van der Waals surface area contributed by atoms with Crippen LogP contribution in [0.25, 0.3) is 49.7 Å². The maximum atomic E-state index is 2.36. The third kappa shape index (κ3) is 3.02. The quantitative estimate of drug-likeness (QED) is 0.276. The molecule has 0 fully saturated rings. The first-order chi connectivity index (χ1) is 15.8. The monoisotopic (exact) mass is 409 g/mol. The smallest absolute Gasteiger partial charge is 0.0541 e. The van der Waals surface area contributed by atoms with E-state index in [1.54, 1.807) is 0 Å². The molecule has 152 valence electrons. The fourth-order valence-corrected chi connectivity index (χ4v) is 4.77. The molecule has 6 rings (SSSR count). The molecular weight excluding hydrogens is 386 g/mol. The molecule has 0 N–H and O–H groups in total. The summed E-state index contributed by atoms with van der Waals surface area (Å²) in [5.41, 5.74) is 9.98. The van der Waals surface area contributed by atoms with Crippen molar-refractivity contribution in [2.45, 2.75) is 6.92 Å². The lowest BCUT2D eigenvalue weighted by atomic mass is 9.96. The number of nitrogens with zero attached hydrogens (tertiary/aromatic N) is 1. The summed E-state index contributed by atoms with van der Waals surface area (Å²) < 4.78 is 2.36. The lowest BCUT2D eigenvalue weighted by molar-refractivity contribution is 1.18. The number of aryl methyl sites for hydroxylation is 1. The Bertz CT molecular complexity index is 1570. The molecule has 0 spiro atoms. The fraction of sp³-hybridized carbons (Fsp3) is 0.0323. The average molecular weight is 410 g/mol. The van der Waals surface area contributed by atoms with Crippen LogP contribution in [0.1, 0.15) is 5.56 Å². The van der Waals surface area contributed by atoms with E-state index in [4.69, 9.17) is 0 Å². The first-order valence-electron chi connectivity index (χ1n) is 11.0. The summed E-state index contributed by atoms with van der Waals surface area (Å²) in [6.45, 7) is 2.17. The van der Waals surface area contributed by atoms with Gasteiger partial charge in [0, 0.05) is 16.5 Å². The molecule has 1 nitrogen and oxygen atoms in total. The summed E-state index contributed by atoms with van der Waals surface area (Å²) in [7, 11) is 0. The summed E-state index contributed by atoms with van der Waals surface area (Å²) in [5.74, 6) is 0. The van der Waals surface area contributed by atoms with Crippen molar-refractivity contribution in [2.24, 2.45) is 0 Å². The van der Waals surface area contributed by atoms with Crippen LogP contribution in [0.2, 0.25) is 0 Å². The Morgan fingerprint density at radius 2 is 1.16 bits per heavy atom. The van der Waals surface area contributed by atoms with Crippen LogP contribution in [0.4, 0.5) is 0 Å². The molecule has 0 aliphatic rings. The maximum Gasteiger partial charge on any atom is 0.0541 e. The van der Waals surface area contributed by atoms with E-state index < -0.39 is 0 Å². The van der Waals surface area contributed by atoms with E-state index in [-0.39, 0.29) is 0 Å². The summed E-state index contributed by atoms with van der Waals surface area (Å²) >= 11 is 0. The van der Waals surface area contributed by atoms with Crippen LogP contribution < -0.4 is 0 Å². The highest BCUT2D eigenvalue weighted by Crippen LogP contribution is 2.35. The van der Waals surface area contributed by atoms with E-state index in [1.807, 2.05) is 0 Å². The predicted octanol–water partition coefficient (Wildman–Crippen LogP) is 8.43. The number of benzene rings is 5. The SMILES string of the molecule is Cc1ccccc1-c1cccc(-c2ccc3c(c2)c2ccccc2n3-c2ccccc2)c1. The molecule has 32 heavy (non-hydrogen) atoms. The lowest BCUT2D eigenvalue weighted by Gasteiger charge is -2.10. The van der Waals surface area contributed by atoms with Crippen molar-refractivity contribution in [3.63, 3.8) is 0 Å². The van der Waals surface area contributed by atoms with Crippen LogP contribution in [0.15, 0.2) is 121 Å². The molecule has 0 saturated carbocycles. The molecule has 1 heteroatoms. The topological polar surface area (TPSA) is 4.93 Å². The van der Waals surface area contributed by atoms with Crippen molar-refractivity contribution in [2.75, 3.05) is 0 Å². The minimum atomic E-state index is 1.19. The molecule has 0 aliphatic heterocycles. The van der Waals surface area contributed by atoms with E-state index in [1.165, 1.54) is 55.3 Å². The second-order valence-electron chi connectivity index (χ2n) is 8.32. The second-order valence-corrected chi connectivity index (χ2v) is 8.32. The molecule has 0 radical (unpaired) electrons. The molecule has 0 bridgehead atoms. The fourth-order valence-electron chi connectivity index (χ4n) is 4.77. The van der Waals surface area contributed by atoms with E-state index in [0.717, 1.165) is 0 Å². The van der Waals surface area contributed by atoms with Crippen molar-refractivity contribution in [1.29, 1.82) is 0 Å². The maximum absolute atomic E-state index is 2.36. The first-order valence-corrected chi connectivity index (χ1v) is 11.0. The second kappa shape index (κ2) is 7.55. The van der Waals surface area contributed by atoms with Gasteiger partial charge in [-0.15, -0.1) is 0 Å². The normalized spacial score (nSPS) is 11.3. The Balaban J connectivity index is 1.55. The van der Waals surface area contributed by atoms with Gasteiger partial charge in [0.1, 0.15) is 0 Å². The highest BCUT2D eigenvalue weighted by Gasteiger charge is 2.13. The van der Waals surface area contributed by atoms with E-state index in [2.05, 4.69) is 133 Å². The van der Waals surface area contributed by atoms with Crippen molar-refractivity contribution in [1.82, 2.24) is 4.57 Å². The highest BCUT2D eigenvalue weighted by atomic mass is 15.0. The Morgan fingerprint density at radius 1 is 0.469 bits per heavy atom. The van der Waals surface area contributed by atoms with Crippen molar-refractivity contribution in [3.8, 4) is 27.9 Å². The van der Waals surface area contributed by atoms with Gasteiger partial charge in [-0.05, 0) is 71.1 Å². The Morgan fingerprint density at radius 3 is 2.03 bits per heavy atom. The van der Waals surface area contributed by atoms with Crippen molar-refractivity contribution >= 4 is 21.8 Å². The van der Waals surface area contributed by atoms with Gasteiger partial charge in [0.25, 0.3) is 0 Å². The molecule has 0 atom stereocenters. The summed E-state index contributed by atoms with van der Waals surface area (Å²) in [6.07, 6.45) is 0. The summed E-state index contributed by atoms with van der Waals surface area (Å²) in [5, 5.41) is 2.56. The van der Waals surface area contributed by atoms with Gasteiger partial charge in [0.05, 0.1) is 11.0 Å². The number of hydrogen-bond acceptors (Lipinski definition) is 0. The average Bonchev–Trinajstić information content (AvgIpc) is 3.19. The van der Waals surface area contributed by atoms with Gasteiger partial charge >= 0.3 is 0 Å². The van der Waals surface area contributed by atoms with Crippen molar-refractivity contribution < 1.29 is 0 Å². The van der Waals surface area contributed by atoms with Crippen LogP contribution in [0.5, 0.6) is 0 Å². The van der Waals surface area contributed by atoms with Crippen LogP contribution in [0, 0.1) is 6.92 Å². The number of hydrogen-bond donors (Lipinski definition) is 0. The van der Waals surface area contributed by atoms with E-state index in [0.29, 0.717) is 0 Å². The van der Waals surface area contributed by atoms with Gasteiger partial charge in [0.15, 0.2) is 0 Å². The minimum Gasteiger partial charge on any atom is -0.309 e. The lowest BCUT2D eigenvalue weighted by Crippen LogP contribution is -1.92. The predicted molar refractivity (Wildman–Crippen MR) is 136 cm³/mol. The summed E-state index contributed by atoms with van der Waals surface area (Å²) in [4.78, 5) is 0. The van der Waals surface area contributed by atoms with E-state index >= 15 is 0 Å². The van der Waals surface area contributed by atoms with Crippen LogP contribution in [-0.4, -0.2) is 4.57 Å². The van der Waals surface area contributed by atoms with Crippen LogP contribution in [0.3, 0.4) is 0 Å². The Kier molecular flexibility index (Phi) is 4.40. The van der Waals surface area contributed by atoms with Gasteiger partial charge in [-0.2, -0.15) is 0 Å². The number of para-hydroxylation sites is 2. The van der Waals surface area contributed by atoms with E-state index in [9.17, 15) is 0 Å². The minimum absolute atomic E-state index is 1.19. The van der Waals surface area contributed by atoms with Crippen LogP contribution in [-0.2, 0) is 0 Å². The highest BCUT2D eigenvalue weighted by molar-refractivity contribution is 6.10. The van der Waals surface area contributed by atoms with Gasteiger partial charge in [-0.3, -0.25) is 0 Å². The van der Waals surface area contributed by atoms with Gasteiger partial charge < -0.3 is 4.57 Å². The third-order valence-corrected chi connectivity index (χ3v) is 6.34. The molecule has 1 aromatic heterocycles. The number of rotatable bonds is 3. The van der Waals surface area contributed by atoms with Gasteiger partial charge in [0.2, 0.25) is 0 Å². The molecule has 6 aromatic rings. The Labute approximate surface area is 188 Å². The standard InChI is InChI=1S/C31H23N/c1-22-10-5-6-15-27(22)25-12-9-11-23(20-25)24-18-19-31-29(21-24)28-16-7-8-17-30(28)32(31)26-13-3-2-4-14-26/h2-21H,1H3. The zero-order chi connectivity index (χ0) is 21.5. The molecule has 0 aliphatic carbocycles. The number of fused-ring (bicyclic) bond motifs is 3. The molecule has 0 saturated heterocycles. The molecule has 0 unspecified atom stereocenters. The molecule has 0 amide bonds. The van der Waals surface area contributed by atoms with Crippen molar-refractivity contribution in [3.05, 3.63) is 127 Å². The Hall–Kier alpha value is -4.10. The first kappa shape index (κ1) is 18.7. The molecule has 5 aromatic carbocycles. The third-order valence-electron chi connectivity index (χ3n) is 6.34. The van der Waals surface area contributed by atoms with Gasteiger partial charge in [-0.25, -0.2) is 0 Å². The molecule has 1 heterocycles. The summed E-state index contributed by atoms with van der Waals surface area (Å²) in [6, 6.07) is 43.6. The van der Waals surface area contributed by atoms with Gasteiger partial charge in [-0.1, -0.05) is 84.9 Å².